The summed E-state index contributed by atoms with van der Waals surface area (Å²) in [6, 6.07) is 11.4. The first-order valence-corrected chi connectivity index (χ1v) is 12.9. The molecule has 0 N–H and O–H groups in total. The Kier molecular flexibility index (Phi) is 4.11. The Bertz CT molecular complexity index is 1640. The quantitative estimate of drug-likeness (QED) is 0.246. The van der Waals surface area contributed by atoms with Crippen LogP contribution in [0.3, 0.4) is 0 Å². The standard InChI is InChI=1S/C26H22N2S3/c1-13-14(2)30-19-7-6-17-22-25(31-24(17)20(13)19)21(27-12-28-22)16-10-15-8-9-29-23(15)18(11-16)26(3,4)5/h6-12H,1-5H3. The average molecular weight is 459 g/mol. The van der Waals surface area contributed by atoms with E-state index in [1.165, 1.54) is 56.5 Å². The first-order chi connectivity index (χ1) is 14.8. The molecule has 4 heterocycles. The Morgan fingerprint density at radius 2 is 1.71 bits per heavy atom. The molecular formula is C26H22N2S3. The molecule has 6 rings (SSSR count). The third-order valence-corrected chi connectivity index (χ3v) is 9.54. The van der Waals surface area contributed by atoms with Crippen molar-refractivity contribution in [2.24, 2.45) is 0 Å². The van der Waals surface area contributed by atoms with Gasteiger partial charge in [0.25, 0.3) is 0 Å². The van der Waals surface area contributed by atoms with Gasteiger partial charge in [-0.25, -0.2) is 9.97 Å². The summed E-state index contributed by atoms with van der Waals surface area (Å²) < 4.78 is 5.26. The van der Waals surface area contributed by atoms with Gasteiger partial charge in [-0.2, -0.15) is 0 Å². The molecule has 0 atom stereocenters. The van der Waals surface area contributed by atoms with E-state index in [4.69, 9.17) is 9.97 Å². The monoisotopic (exact) mass is 458 g/mol. The summed E-state index contributed by atoms with van der Waals surface area (Å²) in [6.45, 7) is 11.3. The maximum Gasteiger partial charge on any atom is 0.116 e. The predicted octanol–water partition coefficient (Wildman–Crippen LogP) is 8.86. The maximum absolute atomic E-state index is 4.80. The highest BCUT2D eigenvalue weighted by Gasteiger charge is 2.22. The van der Waals surface area contributed by atoms with E-state index < -0.39 is 0 Å². The lowest BCUT2D eigenvalue weighted by molar-refractivity contribution is 0.597. The summed E-state index contributed by atoms with van der Waals surface area (Å²) in [6.07, 6.45) is 1.73. The van der Waals surface area contributed by atoms with Gasteiger partial charge in [-0.1, -0.05) is 20.8 Å². The Morgan fingerprint density at radius 1 is 0.871 bits per heavy atom. The number of aryl methyl sites for hydroxylation is 2. The van der Waals surface area contributed by atoms with Crippen molar-refractivity contribution in [2.45, 2.75) is 40.0 Å². The van der Waals surface area contributed by atoms with E-state index >= 15 is 0 Å². The second-order valence-electron chi connectivity index (χ2n) is 9.21. The fraction of sp³-hybridized carbons (Fsp3) is 0.231. The predicted molar refractivity (Wildman–Crippen MR) is 139 cm³/mol. The van der Waals surface area contributed by atoms with E-state index in [0.29, 0.717) is 0 Å². The van der Waals surface area contributed by atoms with Crippen LogP contribution in [0, 0.1) is 13.8 Å². The second kappa shape index (κ2) is 6.58. The maximum atomic E-state index is 4.80. The van der Waals surface area contributed by atoms with E-state index in [9.17, 15) is 0 Å². The molecule has 0 aliphatic heterocycles. The Balaban J connectivity index is 1.71. The van der Waals surface area contributed by atoms with Crippen molar-refractivity contribution in [1.82, 2.24) is 9.97 Å². The molecule has 0 fully saturated rings. The Hall–Kier alpha value is -2.34. The number of fused-ring (bicyclic) bond motifs is 6. The van der Waals surface area contributed by atoms with Gasteiger partial charge < -0.3 is 0 Å². The van der Waals surface area contributed by atoms with Crippen LogP contribution in [0.1, 0.15) is 36.8 Å². The van der Waals surface area contributed by atoms with Crippen LogP contribution in [0.25, 0.3) is 51.7 Å². The Morgan fingerprint density at radius 3 is 2.52 bits per heavy atom. The van der Waals surface area contributed by atoms with Crippen LogP contribution in [0.15, 0.2) is 42.0 Å². The molecule has 0 bridgehead atoms. The lowest BCUT2D eigenvalue weighted by atomic mass is 9.85. The normalized spacial score (nSPS) is 12.7. The van der Waals surface area contributed by atoms with Crippen LogP contribution in [-0.2, 0) is 5.41 Å². The molecule has 5 heteroatoms. The van der Waals surface area contributed by atoms with Gasteiger partial charge in [0.1, 0.15) is 6.33 Å². The summed E-state index contributed by atoms with van der Waals surface area (Å²) in [7, 11) is 0. The molecule has 0 aliphatic carbocycles. The lowest BCUT2D eigenvalue weighted by Gasteiger charge is -2.21. The van der Waals surface area contributed by atoms with Crippen molar-refractivity contribution in [3.05, 3.63) is 58.0 Å². The zero-order chi connectivity index (χ0) is 21.5. The topological polar surface area (TPSA) is 25.8 Å². The summed E-state index contributed by atoms with van der Waals surface area (Å²) in [5.41, 5.74) is 6.14. The lowest BCUT2D eigenvalue weighted by Crippen LogP contribution is -2.11. The van der Waals surface area contributed by atoms with Crippen LogP contribution in [-0.4, -0.2) is 9.97 Å². The number of benzene rings is 2. The molecule has 2 nitrogen and oxygen atoms in total. The van der Waals surface area contributed by atoms with Gasteiger partial charge in [-0.3, -0.25) is 0 Å². The summed E-state index contributed by atoms with van der Waals surface area (Å²) in [5.74, 6) is 0. The smallest absolute Gasteiger partial charge is 0.116 e. The zero-order valence-electron chi connectivity index (χ0n) is 18.2. The molecule has 2 aromatic carbocycles. The number of rotatable bonds is 1. The summed E-state index contributed by atoms with van der Waals surface area (Å²) in [5, 5.41) is 6.12. The number of thiophene rings is 3. The molecule has 0 aliphatic rings. The van der Waals surface area contributed by atoms with Crippen LogP contribution >= 0.6 is 34.0 Å². The Labute approximate surface area is 193 Å². The van der Waals surface area contributed by atoms with Crippen LogP contribution in [0.4, 0.5) is 0 Å². The highest BCUT2D eigenvalue weighted by Crippen LogP contribution is 2.45. The highest BCUT2D eigenvalue weighted by atomic mass is 32.1. The molecule has 31 heavy (non-hydrogen) atoms. The van der Waals surface area contributed by atoms with E-state index in [1.54, 1.807) is 6.33 Å². The molecule has 154 valence electrons. The van der Waals surface area contributed by atoms with Crippen LogP contribution in [0.5, 0.6) is 0 Å². The van der Waals surface area contributed by atoms with Crippen LogP contribution < -0.4 is 0 Å². The molecular weight excluding hydrogens is 437 g/mol. The van der Waals surface area contributed by atoms with Gasteiger partial charge in [0.15, 0.2) is 0 Å². The van der Waals surface area contributed by atoms with Crippen molar-refractivity contribution < 1.29 is 0 Å². The van der Waals surface area contributed by atoms with Crippen LogP contribution in [0.2, 0.25) is 0 Å². The molecule has 0 unspecified atom stereocenters. The van der Waals surface area contributed by atoms with Gasteiger partial charge in [0, 0.05) is 35.3 Å². The highest BCUT2D eigenvalue weighted by molar-refractivity contribution is 7.28. The van der Waals surface area contributed by atoms with Gasteiger partial charge in [-0.05, 0) is 71.5 Å². The van der Waals surface area contributed by atoms with Crippen molar-refractivity contribution in [3.63, 3.8) is 0 Å². The van der Waals surface area contributed by atoms with E-state index in [-0.39, 0.29) is 5.41 Å². The SMILES string of the molecule is Cc1sc2ccc3c4ncnc(-c5cc(C(C)(C)C)c6sccc6c5)c4sc3c2c1C. The van der Waals surface area contributed by atoms with E-state index in [1.807, 2.05) is 34.0 Å². The molecule has 0 spiro atoms. The minimum atomic E-state index is 0.0723. The number of aromatic nitrogens is 2. The van der Waals surface area contributed by atoms with Crippen molar-refractivity contribution in [1.29, 1.82) is 0 Å². The van der Waals surface area contributed by atoms with Crippen molar-refractivity contribution in [3.8, 4) is 11.3 Å². The third-order valence-electron chi connectivity index (χ3n) is 6.18. The zero-order valence-corrected chi connectivity index (χ0v) is 20.6. The molecule has 0 saturated heterocycles. The average Bonchev–Trinajstić information content (AvgIpc) is 3.42. The number of nitrogens with zero attached hydrogens (tertiary/aromatic N) is 2. The van der Waals surface area contributed by atoms with Gasteiger partial charge >= 0.3 is 0 Å². The largest absolute Gasteiger partial charge is 0.235 e. The molecule has 0 saturated carbocycles. The second-order valence-corrected chi connectivity index (χ2v) is 12.4. The van der Waals surface area contributed by atoms with Crippen molar-refractivity contribution in [2.75, 3.05) is 0 Å². The van der Waals surface area contributed by atoms with E-state index in [0.717, 1.165) is 11.2 Å². The molecule has 0 radical (unpaired) electrons. The van der Waals surface area contributed by atoms with Gasteiger partial charge in [0.05, 0.1) is 15.9 Å². The van der Waals surface area contributed by atoms with E-state index in [2.05, 4.69) is 70.3 Å². The minimum absolute atomic E-state index is 0.0723. The third kappa shape index (κ3) is 2.80. The van der Waals surface area contributed by atoms with Gasteiger partial charge in [0.2, 0.25) is 0 Å². The fourth-order valence-electron chi connectivity index (χ4n) is 4.46. The molecule has 4 aromatic heterocycles. The van der Waals surface area contributed by atoms with Crippen molar-refractivity contribution >= 4 is 74.5 Å². The van der Waals surface area contributed by atoms with Gasteiger partial charge in [-0.15, -0.1) is 34.0 Å². The molecule has 6 aromatic rings. The number of hydrogen-bond donors (Lipinski definition) is 0. The first kappa shape index (κ1) is 19.4. The minimum Gasteiger partial charge on any atom is -0.235 e. The first-order valence-electron chi connectivity index (χ1n) is 10.4. The fourth-order valence-corrected chi connectivity index (χ4v) is 8.08. The summed E-state index contributed by atoms with van der Waals surface area (Å²) >= 11 is 5.56. The summed E-state index contributed by atoms with van der Waals surface area (Å²) in [4.78, 5) is 10.9. The number of hydrogen-bond acceptors (Lipinski definition) is 5. The molecule has 0 amide bonds.